The van der Waals surface area contributed by atoms with E-state index in [1.54, 1.807) is 0 Å². The number of aliphatic carboxylic acids is 1. The zero-order valence-electron chi connectivity index (χ0n) is 18.5. The molecule has 1 aromatic heterocycles. The quantitative estimate of drug-likeness (QED) is 0.737. The Balaban J connectivity index is 0.000000383. The number of hydrogen-bond donors (Lipinski definition) is 1. The summed E-state index contributed by atoms with van der Waals surface area (Å²) in [5.41, 5.74) is 3.69. The minimum Gasteiger partial charge on any atom is -0.475 e. The van der Waals surface area contributed by atoms with Gasteiger partial charge >= 0.3 is 12.1 Å². The molecular formula is C24H28F3N3O3. The molecule has 2 fully saturated rings. The largest absolute Gasteiger partial charge is 0.490 e. The minimum absolute atomic E-state index is 0.0570. The molecule has 0 atom stereocenters. The van der Waals surface area contributed by atoms with Crippen molar-refractivity contribution in [3.8, 4) is 0 Å². The first-order valence-electron chi connectivity index (χ1n) is 10.9. The Hall–Kier alpha value is -2.94. The van der Waals surface area contributed by atoms with Crippen LogP contribution in [0, 0.1) is 6.92 Å². The average molecular weight is 464 g/mol. The first kappa shape index (κ1) is 24.7. The number of carbonyl (C=O) groups excluding carboxylic acids is 1. The van der Waals surface area contributed by atoms with Gasteiger partial charge in [-0.3, -0.25) is 14.7 Å². The van der Waals surface area contributed by atoms with Crippen molar-refractivity contribution in [2.45, 2.75) is 57.4 Å². The summed E-state index contributed by atoms with van der Waals surface area (Å²) in [7, 11) is 0. The van der Waals surface area contributed by atoms with Crippen molar-refractivity contribution in [3.05, 3.63) is 65.5 Å². The van der Waals surface area contributed by atoms with E-state index in [0.717, 1.165) is 51.1 Å². The summed E-state index contributed by atoms with van der Waals surface area (Å²) in [6.07, 6.45) is 0.621. The van der Waals surface area contributed by atoms with Gasteiger partial charge in [-0.25, -0.2) is 4.79 Å². The Kier molecular flexibility index (Phi) is 7.73. The lowest BCUT2D eigenvalue weighted by Gasteiger charge is -2.45. The van der Waals surface area contributed by atoms with Crippen molar-refractivity contribution in [2.75, 3.05) is 13.1 Å². The molecule has 9 heteroatoms. The number of halogens is 3. The molecule has 0 bridgehead atoms. The van der Waals surface area contributed by atoms with Crippen molar-refractivity contribution in [1.82, 2.24) is 14.8 Å². The molecule has 33 heavy (non-hydrogen) atoms. The van der Waals surface area contributed by atoms with Crippen LogP contribution in [0.4, 0.5) is 13.2 Å². The first-order chi connectivity index (χ1) is 15.6. The topological polar surface area (TPSA) is 73.7 Å². The zero-order valence-corrected chi connectivity index (χ0v) is 18.5. The molecular weight excluding hydrogens is 435 g/mol. The van der Waals surface area contributed by atoms with E-state index in [1.807, 2.05) is 18.3 Å². The third kappa shape index (κ3) is 6.54. The second-order valence-electron chi connectivity index (χ2n) is 8.59. The molecule has 1 amide bonds. The molecule has 1 N–H and O–H groups in total. The molecule has 0 unspecified atom stereocenters. The van der Waals surface area contributed by atoms with Crippen molar-refractivity contribution >= 4 is 11.9 Å². The Bertz CT molecular complexity index is 958. The molecule has 2 saturated heterocycles. The van der Waals surface area contributed by atoms with Crippen LogP contribution in [-0.2, 0) is 22.7 Å². The summed E-state index contributed by atoms with van der Waals surface area (Å²) in [5, 5.41) is 7.12. The maximum atomic E-state index is 12.6. The Morgan fingerprint density at radius 1 is 1.09 bits per heavy atom. The summed E-state index contributed by atoms with van der Waals surface area (Å²) in [6.45, 7) is 5.84. The fraction of sp³-hybridized carbons (Fsp3) is 0.458. The van der Waals surface area contributed by atoms with Gasteiger partial charge in [-0.05, 0) is 43.9 Å². The molecule has 4 rings (SSSR count). The van der Waals surface area contributed by atoms with Crippen LogP contribution < -0.4 is 0 Å². The maximum absolute atomic E-state index is 12.6. The molecule has 2 aromatic rings. The zero-order chi connectivity index (χ0) is 24.1. The molecule has 178 valence electrons. The van der Waals surface area contributed by atoms with Crippen molar-refractivity contribution in [1.29, 1.82) is 0 Å². The monoisotopic (exact) mass is 463 g/mol. The summed E-state index contributed by atoms with van der Waals surface area (Å²) < 4.78 is 31.7. The van der Waals surface area contributed by atoms with Crippen molar-refractivity contribution in [3.63, 3.8) is 0 Å². The lowest BCUT2D eigenvalue weighted by molar-refractivity contribution is -0.192. The number of likely N-dealkylation sites (tertiary alicyclic amines) is 2. The fourth-order valence-electron chi connectivity index (χ4n) is 4.49. The van der Waals surface area contributed by atoms with Gasteiger partial charge in [0.1, 0.15) is 0 Å². The van der Waals surface area contributed by atoms with Crippen LogP contribution in [0.1, 0.15) is 42.5 Å². The highest BCUT2D eigenvalue weighted by Gasteiger charge is 2.46. The van der Waals surface area contributed by atoms with E-state index >= 15 is 0 Å². The predicted octanol–water partition coefficient (Wildman–Crippen LogP) is 4.18. The number of nitrogens with zero attached hydrogens (tertiary/aromatic N) is 3. The number of rotatable bonds is 4. The molecule has 1 aromatic carbocycles. The van der Waals surface area contributed by atoms with E-state index in [0.29, 0.717) is 12.3 Å². The molecule has 0 aliphatic carbocycles. The SMILES string of the molecule is Cc1cccc(CN2C(=O)CCC23CCN(Cc2ccccn2)CC3)c1.O=C(O)C(F)(F)F. The normalized spacial score (nSPS) is 18.2. The highest BCUT2D eigenvalue weighted by Crippen LogP contribution is 2.40. The minimum atomic E-state index is -5.08. The van der Waals surface area contributed by atoms with E-state index in [2.05, 4.69) is 52.0 Å². The second kappa shape index (κ2) is 10.3. The number of alkyl halides is 3. The summed E-state index contributed by atoms with van der Waals surface area (Å²) in [4.78, 5) is 30.6. The van der Waals surface area contributed by atoms with Gasteiger partial charge in [0.05, 0.1) is 5.69 Å². The van der Waals surface area contributed by atoms with Crippen LogP contribution in [0.3, 0.4) is 0 Å². The van der Waals surface area contributed by atoms with Crippen LogP contribution in [0.2, 0.25) is 0 Å². The number of carbonyl (C=O) groups is 2. The van der Waals surface area contributed by atoms with Gasteiger partial charge < -0.3 is 10.0 Å². The molecule has 0 radical (unpaired) electrons. The number of pyridine rings is 1. The second-order valence-corrected chi connectivity index (χ2v) is 8.59. The Labute approximate surface area is 191 Å². The average Bonchev–Trinajstić information content (AvgIpc) is 3.06. The highest BCUT2D eigenvalue weighted by molar-refractivity contribution is 5.79. The maximum Gasteiger partial charge on any atom is 0.490 e. The lowest BCUT2D eigenvalue weighted by Crippen LogP contribution is -2.52. The molecule has 2 aliphatic rings. The van der Waals surface area contributed by atoms with Crippen LogP contribution in [-0.4, -0.2) is 56.6 Å². The summed E-state index contributed by atoms with van der Waals surface area (Å²) >= 11 is 0. The van der Waals surface area contributed by atoms with E-state index in [1.165, 1.54) is 11.1 Å². The molecule has 3 heterocycles. The van der Waals surface area contributed by atoms with Crippen molar-refractivity contribution in [2.24, 2.45) is 0 Å². The van der Waals surface area contributed by atoms with Crippen LogP contribution in [0.5, 0.6) is 0 Å². The Morgan fingerprint density at radius 3 is 2.36 bits per heavy atom. The molecule has 1 spiro atoms. The third-order valence-corrected chi connectivity index (χ3v) is 6.24. The van der Waals surface area contributed by atoms with Gasteiger partial charge in [-0.15, -0.1) is 0 Å². The number of aromatic nitrogens is 1. The number of benzene rings is 1. The molecule has 2 aliphatic heterocycles. The number of amides is 1. The van der Waals surface area contributed by atoms with Gasteiger partial charge in [-0.2, -0.15) is 13.2 Å². The molecule has 6 nitrogen and oxygen atoms in total. The van der Waals surface area contributed by atoms with Crippen LogP contribution in [0.25, 0.3) is 0 Å². The summed E-state index contributed by atoms with van der Waals surface area (Å²) in [5.74, 6) is -2.43. The third-order valence-electron chi connectivity index (χ3n) is 6.24. The van der Waals surface area contributed by atoms with Gasteiger partial charge in [0.25, 0.3) is 0 Å². The standard InChI is InChI=1S/C22H27N3O.C2HF3O2/c1-18-5-4-6-19(15-18)16-25-21(26)8-9-22(25)10-13-24(14-11-22)17-20-7-2-3-12-23-20;3-2(4,5)1(6)7/h2-7,12,15H,8-11,13-14,16-17H2,1H3;(H,6,7). The first-order valence-corrected chi connectivity index (χ1v) is 10.9. The van der Waals surface area contributed by atoms with Gasteiger partial charge in [0.2, 0.25) is 5.91 Å². The number of hydrogen-bond acceptors (Lipinski definition) is 4. The predicted molar refractivity (Wildman–Crippen MR) is 116 cm³/mol. The molecule has 0 saturated carbocycles. The van der Waals surface area contributed by atoms with Crippen LogP contribution >= 0.6 is 0 Å². The Morgan fingerprint density at radius 2 is 1.79 bits per heavy atom. The fourth-order valence-corrected chi connectivity index (χ4v) is 4.49. The number of carboxylic acids is 1. The number of piperidine rings is 1. The summed E-state index contributed by atoms with van der Waals surface area (Å²) in [6, 6.07) is 14.6. The van der Waals surface area contributed by atoms with Gasteiger partial charge in [0.15, 0.2) is 0 Å². The lowest BCUT2D eigenvalue weighted by atomic mass is 9.84. The van der Waals surface area contributed by atoms with E-state index in [4.69, 9.17) is 9.90 Å². The smallest absolute Gasteiger partial charge is 0.475 e. The van der Waals surface area contributed by atoms with Crippen LogP contribution in [0.15, 0.2) is 48.7 Å². The van der Waals surface area contributed by atoms with E-state index in [9.17, 15) is 18.0 Å². The van der Waals surface area contributed by atoms with E-state index in [-0.39, 0.29) is 5.54 Å². The van der Waals surface area contributed by atoms with E-state index < -0.39 is 12.1 Å². The highest BCUT2D eigenvalue weighted by atomic mass is 19.4. The number of carboxylic acid groups (broad SMARTS) is 1. The van der Waals surface area contributed by atoms with Gasteiger partial charge in [0, 0.05) is 44.3 Å². The van der Waals surface area contributed by atoms with Crippen molar-refractivity contribution < 1.29 is 27.9 Å². The number of aryl methyl sites for hydroxylation is 1. The van der Waals surface area contributed by atoms with Gasteiger partial charge in [-0.1, -0.05) is 35.9 Å².